The molecule has 25 heavy (non-hydrogen) atoms. The molecule has 3 rings (SSSR count). The Labute approximate surface area is 163 Å². The molecular weight excluding hydrogens is 408 g/mol. The average molecular weight is 434 g/mol. The third-order valence-electron chi connectivity index (χ3n) is 5.11. The second-order valence-corrected chi connectivity index (χ2v) is 7.54. The van der Waals surface area contributed by atoms with Crippen LogP contribution in [0.4, 0.5) is 0 Å². The lowest BCUT2D eigenvalue weighted by molar-refractivity contribution is -0.129. The van der Waals surface area contributed by atoms with Gasteiger partial charge in [0.2, 0.25) is 5.91 Å². The monoisotopic (exact) mass is 432 g/mol. The highest BCUT2D eigenvalue weighted by Gasteiger charge is 2.36. The van der Waals surface area contributed by atoms with Gasteiger partial charge >= 0.3 is 0 Å². The zero-order valence-corrected chi connectivity index (χ0v) is 16.8. The average Bonchev–Trinajstić information content (AvgIpc) is 2.61. The fourth-order valence-electron chi connectivity index (χ4n) is 3.53. The number of benzene rings is 1. The van der Waals surface area contributed by atoms with E-state index in [9.17, 15) is 4.79 Å². The SMILES string of the molecule is C[C@H]1OCCN[C@@H]1C(=O)NCC1(c2ccc(Br)cc2)CCOCC1.Cl. The van der Waals surface area contributed by atoms with E-state index in [4.69, 9.17) is 9.47 Å². The van der Waals surface area contributed by atoms with Crippen LogP contribution in [0.3, 0.4) is 0 Å². The zero-order chi connectivity index (χ0) is 17.0. The molecule has 2 aliphatic heterocycles. The summed E-state index contributed by atoms with van der Waals surface area (Å²) in [5, 5.41) is 6.41. The summed E-state index contributed by atoms with van der Waals surface area (Å²) < 4.78 is 12.2. The van der Waals surface area contributed by atoms with Crippen LogP contribution in [0.25, 0.3) is 0 Å². The van der Waals surface area contributed by atoms with E-state index in [0.29, 0.717) is 19.7 Å². The third kappa shape index (κ3) is 4.95. The van der Waals surface area contributed by atoms with Crippen molar-refractivity contribution in [2.45, 2.75) is 37.3 Å². The van der Waals surface area contributed by atoms with E-state index in [1.165, 1.54) is 5.56 Å². The molecule has 2 heterocycles. The molecule has 2 aliphatic rings. The van der Waals surface area contributed by atoms with Gasteiger partial charge in [-0.15, -0.1) is 12.4 Å². The normalized spacial score (nSPS) is 25.7. The molecule has 1 amide bonds. The first-order chi connectivity index (χ1) is 11.6. The topological polar surface area (TPSA) is 59.6 Å². The summed E-state index contributed by atoms with van der Waals surface area (Å²) in [4.78, 5) is 12.6. The number of hydrogen-bond acceptors (Lipinski definition) is 4. The van der Waals surface area contributed by atoms with Crippen molar-refractivity contribution in [2.24, 2.45) is 0 Å². The molecule has 140 valence electrons. The number of carbonyl (C=O) groups excluding carboxylic acids is 1. The van der Waals surface area contributed by atoms with Gasteiger partial charge in [0.25, 0.3) is 0 Å². The highest BCUT2D eigenvalue weighted by Crippen LogP contribution is 2.35. The summed E-state index contributed by atoms with van der Waals surface area (Å²) in [5.74, 6) is 0.0187. The number of hydrogen-bond donors (Lipinski definition) is 2. The van der Waals surface area contributed by atoms with Gasteiger partial charge in [-0.25, -0.2) is 0 Å². The maximum Gasteiger partial charge on any atom is 0.239 e. The van der Waals surface area contributed by atoms with Crippen LogP contribution in [-0.4, -0.2) is 51.0 Å². The van der Waals surface area contributed by atoms with Gasteiger partial charge in [0.1, 0.15) is 6.04 Å². The highest BCUT2D eigenvalue weighted by atomic mass is 79.9. The van der Waals surface area contributed by atoms with Gasteiger partial charge in [-0.1, -0.05) is 28.1 Å². The van der Waals surface area contributed by atoms with E-state index in [2.05, 4.69) is 50.8 Å². The van der Waals surface area contributed by atoms with Gasteiger partial charge in [-0.2, -0.15) is 0 Å². The Morgan fingerprint density at radius 1 is 1.28 bits per heavy atom. The molecule has 1 aromatic rings. The Balaban J connectivity index is 0.00000225. The summed E-state index contributed by atoms with van der Waals surface area (Å²) in [7, 11) is 0. The Bertz CT molecular complexity index is 564. The van der Waals surface area contributed by atoms with Crippen molar-refractivity contribution in [3.63, 3.8) is 0 Å². The van der Waals surface area contributed by atoms with Crippen molar-refractivity contribution in [1.82, 2.24) is 10.6 Å². The van der Waals surface area contributed by atoms with Gasteiger partial charge in [0.05, 0.1) is 12.7 Å². The first kappa shape index (κ1) is 20.6. The van der Waals surface area contributed by atoms with Crippen LogP contribution in [0.2, 0.25) is 0 Å². The molecule has 2 fully saturated rings. The standard InChI is InChI=1S/C18H25BrN2O3.ClH/c1-13-16(20-8-11-24-13)17(22)21-12-18(6-9-23-10-7-18)14-2-4-15(19)5-3-14;/h2-5,13,16,20H,6-12H2,1H3,(H,21,22);1H/t13-,16+;/m1./s1. The summed E-state index contributed by atoms with van der Waals surface area (Å²) in [6.45, 7) is 5.40. The van der Waals surface area contributed by atoms with Crippen molar-refractivity contribution in [3.8, 4) is 0 Å². The molecule has 0 saturated carbocycles. The van der Waals surface area contributed by atoms with E-state index in [-0.39, 0.29) is 35.9 Å². The minimum atomic E-state index is -0.277. The van der Waals surface area contributed by atoms with Crippen LogP contribution >= 0.6 is 28.3 Å². The molecule has 0 bridgehead atoms. The van der Waals surface area contributed by atoms with Gasteiger partial charge in [0.15, 0.2) is 0 Å². The van der Waals surface area contributed by atoms with Crippen molar-refractivity contribution in [1.29, 1.82) is 0 Å². The largest absolute Gasteiger partial charge is 0.381 e. The maximum absolute atomic E-state index is 12.6. The molecule has 2 saturated heterocycles. The number of morpholine rings is 1. The van der Waals surface area contributed by atoms with Crippen molar-refractivity contribution in [3.05, 3.63) is 34.3 Å². The minimum Gasteiger partial charge on any atom is -0.381 e. The molecule has 0 radical (unpaired) electrons. The van der Waals surface area contributed by atoms with E-state index < -0.39 is 0 Å². The van der Waals surface area contributed by atoms with E-state index in [0.717, 1.165) is 30.5 Å². The van der Waals surface area contributed by atoms with Crippen LogP contribution in [0.15, 0.2) is 28.7 Å². The Morgan fingerprint density at radius 2 is 1.96 bits per heavy atom. The number of amides is 1. The number of halogens is 2. The van der Waals surface area contributed by atoms with E-state index in [1.807, 2.05) is 6.92 Å². The second-order valence-electron chi connectivity index (χ2n) is 6.63. The molecule has 0 aliphatic carbocycles. The molecule has 1 aromatic carbocycles. The Morgan fingerprint density at radius 3 is 2.60 bits per heavy atom. The third-order valence-corrected chi connectivity index (χ3v) is 5.64. The minimum absolute atomic E-state index is 0. The molecule has 0 aromatic heterocycles. The molecule has 2 atom stereocenters. The maximum atomic E-state index is 12.6. The number of rotatable bonds is 4. The van der Waals surface area contributed by atoms with Crippen LogP contribution in [0, 0.1) is 0 Å². The van der Waals surface area contributed by atoms with Crippen molar-refractivity contribution < 1.29 is 14.3 Å². The van der Waals surface area contributed by atoms with Crippen LogP contribution < -0.4 is 10.6 Å². The molecule has 2 N–H and O–H groups in total. The van der Waals surface area contributed by atoms with Crippen LogP contribution in [0.1, 0.15) is 25.3 Å². The molecular formula is C18H26BrClN2O3. The number of nitrogens with one attached hydrogen (secondary N) is 2. The summed E-state index contributed by atoms with van der Waals surface area (Å²) in [6, 6.07) is 8.14. The van der Waals surface area contributed by atoms with Gasteiger partial charge in [0, 0.05) is 36.2 Å². The fraction of sp³-hybridized carbons (Fsp3) is 0.611. The number of ether oxygens (including phenoxy) is 2. The molecule has 5 nitrogen and oxygen atoms in total. The Hall–Kier alpha value is -0.660. The molecule has 0 unspecified atom stereocenters. The van der Waals surface area contributed by atoms with Gasteiger partial charge < -0.3 is 20.1 Å². The smallest absolute Gasteiger partial charge is 0.239 e. The molecule has 7 heteroatoms. The number of carbonyl (C=O) groups is 1. The van der Waals surface area contributed by atoms with Crippen molar-refractivity contribution in [2.75, 3.05) is 32.9 Å². The van der Waals surface area contributed by atoms with Gasteiger partial charge in [-0.3, -0.25) is 4.79 Å². The highest BCUT2D eigenvalue weighted by molar-refractivity contribution is 9.10. The van der Waals surface area contributed by atoms with Crippen LogP contribution in [-0.2, 0) is 19.7 Å². The van der Waals surface area contributed by atoms with Gasteiger partial charge in [-0.05, 0) is 37.5 Å². The quantitative estimate of drug-likeness (QED) is 0.765. The molecule has 0 spiro atoms. The predicted octanol–water partition coefficient (Wildman–Crippen LogP) is 2.41. The second kappa shape index (κ2) is 9.33. The predicted molar refractivity (Wildman–Crippen MR) is 103 cm³/mol. The summed E-state index contributed by atoms with van der Waals surface area (Å²) in [5.41, 5.74) is 1.20. The van der Waals surface area contributed by atoms with Crippen LogP contribution in [0.5, 0.6) is 0 Å². The lowest BCUT2D eigenvalue weighted by Crippen LogP contribution is -2.57. The van der Waals surface area contributed by atoms with E-state index >= 15 is 0 Å². The first-order valence-electron chi connectivity index (χ1n) is 8.57. The Kier molecular flexibility index (Phi) is 7.70. The summed E-state index contributed by atoms with van der Waals surface area (Å²) >= 11 is 3.49. The van der Waals surface area contributed by atoms with E-state index in [1.54, 1.807) is 0 Å². The zero-order valence-electron chi connectivity index (χ0n) is 14.4. The lowest BCUT2D eigenvalue weighted by atomic mass is 9.74. The van der Waals surface area contributed by atoms with Crippen molar-refractivity contribution >= 4 is 34.2 Å². The fourth-order valence-corrected chi connectivity index (χ4v) is 3.79. The summed E-state index contributed by atoms with van der Waals surface area (Å²) in [6.07, 6.45) is 1.73. The first-order valence-corrected chi connectivity index (χ1v) is 9.37. The lowest BCUT2D eigenvalue weighted by Gasteiger charge is -2.39.